The first-order valence-corrected chi connectivity index (χ1v) is 4.49. The van der Waals surface area contributed by atoms with Gasteiger partial charge in [-0.3, -0.25) is 10.1 Å². The standard InChI is InChI=1S/C8H11N5O/c14-7(3-6-4-9-5-6)12-8-10-1-2-11-13-8/h1-2,6,9H,3-5H2,(H,10,12,13,14). The van der Waals surface area contributed by atoms with Gasteiger partial charge in [0, 0.05) is 6.42 Å². The number of anilines is 1. The second-order valence-electron chi connectivity index (χ2n) is 3.24. The summed E-state index contributed by atoms with van der Waals surface area (Å²) in [6.45, 7) is 1.84. The minimum Gasteiger partial charge on any atom is -0.316 e. The lowest BCUT2D eigenvalue weighted by Gasteiger charge is -2.25. The first-order chi connectivity index (χ1) is 6.84. The zero-order valence-electron chi connectivity index (χ0n) is 7.60. The molecule has 0 saturated carbocycles. The Hall–Kier alpha value is -1.56. The fourth-order valence-electron chi connectivity index (χ4n) is 1.24. The van der Waals surface area contributed by atoms with Crippen molar-refractivity contribution in [1.29, 1.82) is 0 Å². The number of amides is 1. The van der Waals surface area contributed by atoms with Crippen molar-refractivity contribution in [3.05, 3.63) is 12.4 Å². The van der Waals surface area contributed by atoms with Gasteiger partial charge in [0.2, 0.25) is 11.9 Å². The molecule has 1 aromatic rings. The highest BCUT2D eigenvalue weighted by Crippen LogP contribution is 2.08. The molecule has 0 unspecified atom stereocenters. The van der Waals surface area contributed by atoms with Crippen molar-refractivity contribution in [2.24, 2.45) is 5.92 Å². The molecule has 1 fully saturated rings. The van der Waals surface area contributed by atoms with Crippen molar-refractivity contribution in [2.45, 2.75) is 6.42 Å². The van der Waals surface area contributed by atoms with E-state index in [9.17, 15) is 4.79 Å². The number of rotatable bonds is 3. The zero-order valence-corrected chi connectivity index (χ0v) is 7.60. The highest BCUT2D eigenvalue weighted by atomic mass is 16.1. The molecule has 0 spiro atoms. The van der Waals surface area contributed by atoms with Crippen molar-refractivity contribution < 1.29 is 4.79 Å². The fourth-order valence-corrected chi connectivity index (χ4v) is 1.24. The maximum absolute atomic E-state index is 11.4. The van der Waals surface area contributed by atoms with Gasteiger partial charge in [-0.15, -0.1) is 5.10 Å². The van der Waals surface area contributed by atoms with Crippen LogP contribution < -0.4 is 10.6 Å². The number of hydrogen-bond donors (Lipinski definition) is 2. The summed E-state index contributed by atoms with van der Waals surface area (Å²) in [4.78, 5) is 15.2. The third-order valence-corrected chi connectivity index (χ3v) is 2.07. The van der Waals surface area contributed by atoms with Gasteiger partial charge in [-0.05, 0) is 19.0 Å². The van der Waals surface area contributed by atoms with Crippen molar-refractivity contribution in [3.8, 4) is 0 Å². The van der Waals surface area contributed by atoms with Gasteiger partial charge in [0.1, 0.15) is 0 Å². The largest absolute Gasteiger partial charge is 0.316 e. The summed E-state index contributed by atoms with van der Waals surface area (Å²) in [7, 11) is 0. The lowest BCUT2D eigenvalue weighted by molar-refractivity contribution is -0.117. The van der Waals surface area contributed by atoms with E-state index in [0.717, 1.165) is 13.1 Å². The molecule has 0 radical (unpaired) electrons. The van der Waals surface area contributed by atoms with E-state index in [0.29, 0.717) is 12.3 Å². The Morgan fingerprint density at radius 1 is 1.57 bits per heavy atom. The number of carbonyl (C=O) groups is 1. The number of nitrogens with one attached hydrogen (secondary N) is 2. The van der Waals surface area contributed by atoms with E-state index in [-0.39, 0.29) is 11.9 Å². The van der Waals surface area contributed by atoms with E-state index in [2.05, 4.69) is 25.8 Å². The molecule has 1 aromatic heterocycles. The van der Waals surface area contributed by atoms with Gasteiger partial charge in [0.25, 0.3) is 0 Å². The molecule has 14 heavy (non-hydrogen) atoms. The molecular formula is C8H11N5O. The molecule has 74 valence electrons. The van der Waals surface area contributed by atoms with Crippen LogP contribution in [0.3, 0.4) is 0 Å². The van der Waals surface area contributed by atoms with Crippen molar-refractivity contribution in [2.75, 3.05) is 18.4 Å². The van der Waals surface area contributed by atoms with Gasteiger partial charge in [-0.1, -0.05) is 0 Å². The van der Waals surface area contributed by atoms with E-state index in [1.54, 1.807) is 0 Å². The quantitative estimate of drug-likeness (QED) is 0.671. The van der Waals surface area contributed by atoms with Crippen LogP contribution in [0.5, 0.6) is 0 Å². The van der Waals surface area contributed by atoms with Gasteiger partial charge >= 0.3 is 0 Å². The minimum atomic E-state index is -0.0514. The van der Waals surface area contributed by atoms with E-state index < -0.39 is 0 Å². The van der Waals surface area contributed by atoms with Crippen LogP contribution >= 0.6 is 0 Å². The molecule has 1 saturated heterocycles. The Morgan fingerprint density at radius 3 is 3.00 bits per heavy atom. The number of nitrogens with zero attached hydrogens (tertiary/aromatic N) is 3. The summed E-state index contributed by atoms with van der Waals surface area (Å²) in [5.41, 5.74) is 0. The first kappa shape index (κ1) is 9.01. The molecule has 0 aliphatic carbocycles. The minimum absolute atomic E-state index is 0.0514. The molecule has 2 rings (SSSR count). The van der Waals surface area contributed by atoms with Gasteiger partial charge in [-0.2, -0.15) is 5.10 Å². The highest BCUT2D eigenvalue weighted by Gasteiger charge is 2.20. The molecular weight excluding hydrogens is 182 g/mol. The summed E-state index contributed by atoms with van der Waals surface area (Å²) in [5, 5.41) is 13.0. The Kier molecular flexibility index (Phi) is 2.64. The van der Waals surface area contributed by atoms with Gasteiger partial charge in [0.05, 0.1) is 12.4 Å². The van der Waals surface area contributed by atoms with Crippen molar-refractivity contribution in [1.82, 2.24) is 20.5 Å². The monoisotopic (exact) mass is 193 g/mol. The van der Waals surface area contributed by atoms with Gasteiger partial charge in [0.15, 0.2) is 0 Å². The normalized spacial score (nSPS) is 16.0. The lowest BCUT2D eigenvalue weighted by atomic mass is 9.99. The molecule has 2 heterocycles. The Balaban J connectivity index is 1.82. The maximum Gasteiger partial charge on any atom is 0.249 e. The van der Waals surface area contributed by atoms with Crippen LogP contribution in [-0.4, -0.2) is 34.2 Å². The fraction of sp³-hybridized carbons (Fsp3) is 0.500. The molecule has 0 aromatic carbocycles. The van der Waals surface area contributed by atoms with Crippen LogP contribution in [0.4, 0.5) is 5.95 Å². The van der Waals surface area contributed by atoms with Crippen LogP contribution in [0.1, 0.15) is 6.42 Å². The van der Waals surface area contributed by atoms with Crippen LogP contribution in [0, 0.1) is 5.92 Å². The third-order valence-electron chi connectivity index (χ3n) is 2.07. The second kappa shape index (κ2) is 4.10. The molecule has 1 amide bonds. The van der Waals surface area contributed by atoms with E-state index in [1.807, 2.05) is 0 Å². The lowest BCUT2D eigenvalue weighted by Crippen LogP contribution is -2.43. The summed E-state index contributed by atoms with van der Waals surface area (Å²) >= 11 is 0. The van der Waals surface area contributed by atoms with Crippen LogP contribution in [-0.2, 0) is 4.79 Å². The molecule has 1 aliphatic heterocycles. The summed E-state index contributed by atoms with van der Waals surface area (Å²) in [6.07, 6.45) is 3.48. The molecule has 2 N–H and O–H groups in total. The predicted molar refractivity (Wildman–Crippen MR) is 49.4 cm³/mol. The molecule has 0 bridgehead atoms. The smallest absolute Gasteiger partial charge is 0.249 e. The average molecular weight is 193 g/mol. The van der Waals surface area contributed by atoms with Gasteiger partial charge < -0.3 is 5.32 Å². The van der Waals surface area contributed by atoms with Crippen molar-refractivity contribution in [3.63, 3.8) is 0 Å². The van der Waals surface area contributed by atoms with Crippen LogP contribution in [0.25, 0.3) is 0 Å². The van der Waals surface area contributed by atoms with Crippen molar-refractivity contribution >= 4 is 11.9 Å². The van der Waals surface area contributed by atoms with Gasteiger partial charge in [-0.25, -0.2) is 4.98 Å². The summed E-state index contributed by atoms with van der Waals surface area (Å²) < 4.78 is 0. The number of carbonyl (C=O) groups excluding carboxylic acids is 1. The maximum atomic E-state index is 11.4. The first-order valence-electron chi connectivity index (χ1n) is 4.49. The molecule has 6 heteroatoms. The third kappa shape index (κ3) is 2.23. The molecule has 6 nitrogen and oxygen atoms in total. The molecule has 1 aliphatic rings. The van der Waals surface area contributed by atoms with E-state index in [4.69, 9.17) is 0 Å². The Labute approximate surface area is 81.1 Å². The topological polar surface area (TPSA) is 79.8 Å². The molecule has 0 atom stereocenters. The number of aromatic nitrogens is 3. The zero-order chi connectivity index (χ0) is 9.80. The predicted octanol–water partition coefficient (Wildman–Crippen LogP) is -0.580. The van der Waals surface area contributed by atoms with E-state index >= 15 is 0 Å². The van der Waals surface area contributed by atoms with E-state index in [1.165, 1.54) is 12.4 Å². The Morgan fingerprint density at radius 2 is 2.43 bits per heavy atom. The summed E-state index contributed by atoms with van der Waals surface area (Å²) in [6, 6.07) is 0. The highest BCUT2D eigenvalue weighted by molar-refractivity contribution is 5.89. The van der Waals surface area contributed by atoms with Crippen LogP contribution in [0.2, 0.25) is 0 Å². The second-order valence-corrected chi connectivity index (χ2v) is 3.24. The Bertz CT molecular complexity index is 311. The number of hydrogen-bond acceptors (Lipinski definition) is 5. The SMILES string of the molecule is O=C(CC1CNC1)Nc1nccnn1. The van der Waals surface area contributed by atoms with Crippen LogP contribution in [0.15, 0.2) is 12.4 Å². The average Bonchev–Trinajstić information content (AvgIpc) is 2.13. The summed E-state index contributed by atoms with van der Waals surface area (Å²) in [5.74, 6) is 0.668.